The normalized spacial score (nSPS) is 20.9. The van der Waals surface area contributed by atoms with Crippen molar-refractivity contribution >= 4 is 0 Å². The van der Waals surface area contributed by atoms with Crippen LogP contribution >= 0.6 is 0 Å². The van der Waals surface area contributed by atoms with Crippen molar-refractivity contribution in [2.75, 3.05) is 13.1 Å². The molecule has 1 fully saturated rings. The van der Waals surface area contributed by atoms with Crippen molar-refractivity contribution in [2.45, 2.75) is 71.0 Å². The maximum Gasteiger partial charge on any atom is 0.0195 e. The molecule has 1 aliphatic rings. The summed E-state index contributed by atoms with van der Waals surface area (Å²) in [7, 11) is 0. The Morgan fingerprint density at radius 1 is 1.14 bits per heavy atom. The molecule has 0 radical (unpaired) electrons. The standard InChI is InChI=1S/C19H32N2/c1-16(2)21(15-19-11-7-8-14-20-19)17(3)12-13-18-9-5-4-6-10-18/h4-6,9-10,16-17,19-20H,7-8,11-15H2,1-3H3. The van der Waals surface area contributed by atoms with E-state index in [1.54, 1.807) is 0 Å². The molecule has 2 heteroatoms. The second-order valence-electron chi connectivity index (χ2n) is 6.81. The molecule has 1 aromatic rings. The van der Waals surface area contributed by atoms with Crippen molar-refractivity contribution < 1.29 is 0 Å². The predicted octanol–water partition coefficient (Wildman–Crippen LogP) is 3.86. The van der Waals surface area contributed by atoms with E-state index < -0.39 is 0 Å². The molecule has 0 amide bonds. The van der Waals surface area contributed by atoms with Gasteiger partial charge >= 0.3 is 0 Å². The van der Waals surface area contributed by atoms with Gasteiger partial charge in [0.1, 0.15) is 0 Å². The van der Waals surface area contributed by atoms with Crippen LogP contribution in [0, 0.1) is 0 Å². The van der Waals surface area contributed by atoms with Crippen LogP contribution in [-0.2, 0) is 6.42 Å². The number of benzene rings is 1. The highest BCUT2D eigenvalue weighted by atomic mass is 15.2. The second kappa shape index (κ2) is 8.55. The van der Waals surface area contributed by atoms with Gasteiger partial charge < -0.3 is 5.32 Å². The molecule has 0 saturated carbocycles. The molecule has 1 saturated heterocycles. The van der Waals surface area contributed by atoms with Crippen LogP contribution < -0.4 is 5.32 Å². The van der Waals surface area contributed by atoms with E-state index in [9.17, 15) is 0 Å². The molecule has 0 aromatic heterocycles. The van der Waals surface area contributed by atoms with E-state index in [1.165, 1.54) is 50.8 Å². The van der Waals surface area contributed by atoms with Gasteiger partial charge in [0.15, 0.2) is 0 Å². The van der Waals surface area contributed by atoms with Crippen LogP contribution in [0.3, 0.4) is 0 Å². The Labute approximate surface area is 130 Å². The molecule has 1 aromatic carbocycles. The zero-order valence-electron chi connectivity index (χ0n) is 14.0. The summed E-state index contributed by atoms with van der Waals surface area (Å²) >= 11 is 0. The lowest BCUT2D eigenvalue weighted by molar-refractivity contribution is 0.132. The fourth-order valence-corrected chi connectivity index (χ4v) is 3.42. The quantitative estimate of drug-likeness (QED) is 0.819. The highest BCUT2D eigenvalue weighted by molar-refractivity contribution is 5.14. The minimum absolute atomic E-state index is 0.625. The predicted molar refractivity (Wildman–Crippen MR) is 91.7 cm³/mol. The largest absolute Gasteiger partial charge is 0.313 e. The summed E-state index contributed by atoms with van der Waals surface area (Å²) in [6.45, 7) is 9.47. The van der Waals surface area contributed by atoms with Crippen LogP contribution in [-0.4, -0.2) is 36.1 Å². The van der Waals surface area contributed by atoms with Crippen LogP contribution in [0.5, 0.6) is 0 Å². The van der Waals surface area contributed by atoms with E-state index in [-0.39, 0.29) is 0 Å². The van der Waals surface area contributed by atoms with E-state index in [2.05, 4.69) is 61.3 Å². The van der Waals surface area contributed by atoms with Crippen LogP contribution in [0.2, 0.25) is 0 Å². The van der Waals surface area contributed by atoms with Crippen molar-refractivity contribution in [3.63, 3.8) is 0 Å². The monoisotopic (exact) mass is 288 g/mol. The summed E-state index contributed by atoms with van der Waals surface area (Å²) < 4.78 is 0. The lowest BCUT2D eigenvalue weighted by Crippen LogP contribution is -2.49. The van der Waals surface area contributed by atoms with Crippen LogP contribution in [0.15, 0.2) is 30.3 Å². The molecule has 1 aliphatic heterocycles. The van der Waals surface area contributed by atoms with Crippen LogP contribution in [0.1, 0.15) is 52.0 Å². The van der Waals surface area contributed by atoms with Gasteiger partial charge in [-0.2, -0.15) is 0 Å². The first-order valence-electron chi connectivity index (χ1n) is 8.70. The lowest BCUT2D eigenvalue weighted by atomic mass is 10.0. The first-order valence-corrected chi connectivity index (χ1v) is 8.70. The van der Waals surface area contributed by atoms with Crippen LogP contribution in [0.25, 0.3) is 0 Å². The van der Waals surface area contributed by atoms with Gasteiger partial charge in [-0.3, -0.25) is 4.90 Å². The number of nitrogens with one attached hydrogen (secondary N) is 1. The van der Waals surface area contributed by atoms with Gasteiger partial charge in [0.05, 0.1) is 0 Å². The van der Waals surface area contributed by atoms with E-state index >= 15 is 0 Å². The fourth-order valence-electron chi connectivity index (χ4n) is 3.42. The van der Waals surface area contributed by atoms with E-state index in [4.69, 9.17) is 0 Å². The maximum atomic E-state index is 3.69. The van der Waals surface area contributed by atoms with Gasteiger partial charge in [0, 0.05) is 24.7 Å². The molecule has 1 heterocycles. The van der Waals surface area contributed by atoms with Crippen LogP contribution in [0.4, 0.5) is 0 Å². The Balaban J connectivity index is 1.84. The Morgan fingerprint density at radius 2 is 1.90 bits per heavy atom. The molecule has 0 aliphatic carbocycles. The summed E-state index contributed by atoms with van der Waals surface area (Å²) in [4.78, 5) is 2.69. The Hall–Kier alpha value is -0.860. The van der Waals surface area contributed by atoms with Gasteiger partial charge in [-0.15, -0.1) is 0 Å². The van der Waals surface area contributed by atoms with Crippen molar-refractivity contribution in [1.82, 2.24) is 10.2 Å². The number of hydrogen-bond donors (Lipinski definition) is 1. The topological polar surface area (TPSA) is 15.3 Å². The average molecular weight is 288 g/mol. The molecule has 1 N–H and O–H groups in total. The number of hydrogen-bond acceptors (Lipinski definition) is 2. The van der Waals surface area contributed by atoms with Crippen molar-refractivity contribution in [2.24, 2.45) is 0 Å². The molecule has 2 nitrogen and oxygen atoms in total. The zero-order chi connectivity index (χ0) is 15.1. The van der Waals surface area contributed by atoms with Crippen molar-refractivity contribution in [3.8, 4) is 0 Å². The molecule has 2 atom stereocenters. The third-order valence-electron chi connectivity index (χ3n) is 4.77. The molecule has 2 rings (SSSR count). The molecule has 0 bridgehead atoms. The summed E-state index contributed by atoms with van der Waals surface area (Å²) in [6.07, 6.45) is 6.51. The van der Waals surface area contributed by atoms with Gasteiger partial charge in [-0.1, -0.05) is 36.8 Å². The van der Waals surface area contributed by atoms with Gasteiger partial charge in [0.2, 0.25) is 0 Å². The first-order chi connectivity index (χ1) is 10.2. The van der Waals surface area contributed by atoms with E-state index in [0.717, 1.165) is 0 Å². The Bertz CT molecular complexity index is 382. The summed E-state index contributed by atoms with van der Waals surface area (Å²) in [5.41, 5.74) is 1.46. The SMILES string of the molecule is CC(C)N(CC1CCCCN1)C(C)CCc1ccccc1. The maximum absolute atomic E-state index is 3.69. The third kappa shape index (κ3) is 5.44. The van der Waals surface area contributed by atoms with Crippen molar-refractivity contribution in [1.29, 1.82) is 0 Å². The minimum atomic E-state index is 0.625. The van der Waals surface area contributed by atoms with Gasteiger partial charge in [-0.25, -0.2) is 0 Å². The summed E-state index contributed by atoms with van der Waals surface area (Å²) in [5.74, 6) is 0. The van der Waals surface area contributed by atoms with Gasteiger partial charge in [0.25, 0.3) is 0 Å². The number of piperidine rings is 1. The molecular weight excluding hydrogens is 256 g/mol. The zero-order valence-corrected chi connectivity index (χ0v) is 14.0. The number of aryl methyl sites for hydroxylation is 1. The first kappa shape index (κ1) is 16.5. The lowest BCUT2D eigenvalue weighted by Gasteiger charge is -2.37. The molecule has 2 unspecified atom stereocenters. The van der Waals surface area contributed by atoms with E-state index in [0.29, 0.717) is 18.1 Å². The second-order valence-corrected chi connectivity index (χ2v) is 6.81. The average Bonchev–Trinajstić information content (AvgIpc) is 2.52. The van der Waals surface area contributed by atoms with Crippen molar-refractivity contribution in [3.05, 3.63) is 35.9 Å². The third-order valence-corrected chi connectivity index (χ3v) is 4.77. The smallest absolute Gasteiger partial charge is 0.0195 e. The van der Waals surface area contributed by atoms with Gasteiger partial charge in [-0.05, 0) is 58.6 Å². The molecular formula is C19H32N2. The fraction of sp³-hybridized carbons (Fsp3) is 0.684. The number of rotatable bonds is 7. The highest BCUT2D eigenvalue weighted by Crippen LogP contribution is 2.16. The Kier molecular flexibility index (Phi) is 6.72. The molecule has 118 valence electrons. The molecule has 0 spiro atoms. The Morgan fingerprint density at radius 3 is 2.52 bits per heavy atom. The highest BCUT2D eigenvalue weighted by Gasteiger charge is 2.22. The molecule has 21 heavy (non-hydrogen) atoms. The van der Waals surface area contributed by atoms with E-state index in [1.807, 2.05) is 0 Å². The summed E-state index contributed by atoms with van der Waals surface area (Å²) in [5, 5.41) is 3.69. The summed E-state index contributed by atoms with van der Waals surface area (Å²) in [6, 6.07) is 12.8. The minimum Gasteiger partial charge on any atom is -0.313 e. The number of nitrogens with zero attached hydrogens (tertiary/aromatic N) is 1.